The van der Waals surface area contributed by atoms with Crippen LogP contribution < -0.4 is 5.32 Å². The van der Waals surface area contributed by atoms with Crippen LogP contribution in [0.3, 0.4) is 0 Å². The maximum absolute atomic E-state index is 5.87. The van der Waals surface area contributed by atoms with Crippen molar-refractivity contribution in [1.29, 1.82) is 0 Å². The van der Waals surface area contributed by atoms with Gasteiger partial charge in [-0.05, 0) is 53.1 Å². The molecule has 2 heteroatoms. The quantitative estimate of drug-likeness (QED) is 0.653. The van der Waals surface area contributed by atoms with Crippen molar-refractivity contribution in [3.8, 4) is 0 Å². The van der Waals surface area contributed by atoms with E-state index in [1.807, 2.05) is 7.05 Å². The molecule has 0 aromatic heterocycles. The molecule has 1 rings (SSSR count). The molecule has 0 aliphatic carbocycles. The first-order valence-corrected chi connectivity index (χ1v) is 4.96. The lowest BCUT2D eigenvalue weighted by Gasteiger charge is -2.19. The summed E-state index contributed by atoms with van der Waals surface area (Å²) in [5.41, 5.74) is 0.143. The van der Waals surface area contributed by atoms with E-state index in [9.17, 15) is 0 Å². The van der Waals surface area contributed by atoms with Crippen molar-refractivity contribution < 1.29 is 4.74 Å². The highest BCUT2D eigenvalue weighted by molar-refractivity contribution is 4.80. The van der Waals surface area contributed by atoms with Crippen LogP contribution in [-0.4, -0.2) is 25.3 Å². The molecule has 1 unspecified atom stereocenters. The molecule has 1 aliphatic heterocycles. The predicted octanol–water partition coefficient (Wildman–Crippen LogP) is 1.94. The summed E-state index contributed by atoms with van der Waals surface area (Å²) in [7, 11) is 2.00. The fourth-order valence-corrected chi connectivity index (χ4v) is 1.79. The van der Waals surface area contributed by atoms with Gasteiger partial charge < -0.3 is 10.1 Å². The lowest BCUT2D eigenvalue weighted by molar-refractivity contribution is -0.0187. The molecule has 0 aromatic carbocycles. The zero-order valence-corrected chi connectivity index (χ0v) is 8.52. The molecule has 72 valence electrons. The lowest BCUT2D eigenvalue weighted by Crippen LogP contribution is -2.20. The van der Waals surface area contributed by atoms with E-state index < -0.39 is 0 Å². The van der Waals surface area contributed by atoms with Crippen molar-refractivity contribution in [1.82, 2.24) is 5.32 Å². The molecule has 1 heterocycles. The Morgan fingerprint density at radius 3 is 2.75 bits per heavy atom. The number of hydrogen-bond acceptors (Lipinski definition) is 2. The van der Waals surface area contributed by atoms with Crippen LogP contribution >= 0.6 is 0 Å². The Bertz CT molecular complexity index is 134. The van der Waals surface area contributed by atoms with E-state index in [1.54, 1.807) is 0 Å². The Morgan fingerprint density at radius 1 is 1.50 bits per heavy atom. The molecular formula is C10H21NO. The molecule has 0 spiro atoms. The van der Waals surface area contributed by atoms with E-state index in [4.69, 9.17) is 4.74 Å². The first-order valence-electron chi connectivity index (χ1n) is 4.96. The van der Waals surface area contributed by atoms with Crippen molar-refractivity contribution in [2.45, 2.75) is 51.2 Å². The first-order chi connectivity index (χ1) is 5.64. The van der Waals surface area contributed by atoms with E-state index >= 15 is 0 Å². The van der Waals surface area contributed by atoms with Crippen LogP contribution in [0.2, 0.25) is 0 Å². The zero-order valence-electron chi connectivity index (χ0n) is 8.52. The monoisotopic (exact) mass is 171 g/mol. The summed E-state index contributed by atoms with van der Waals surface area (Å²) in [5.74, 6) is 0. The van der Waals surface area contributed by atoms with Gasteiger partial charge in [0.15, 0.2) is 0 Å². The van der Waals surface area contributed by atoms with Gasteiger partial charge in [0.1, 0.15) is 0 Å². The van der Waals surface area contributed by atoms with Gasteiger partial charge in [0.05, 0.1) is 11.7 Å². The highest BCUT2D eigenvalue weighted by atomic mass is 16.5. The van der Waals surface area contributed by atoms with Crippen LogP contribution in [0.5, 0.6) is 0 Å². The Hall–Kier alpha value is -0.0800. The average Bonchev–Trinajstić information content (AvgIpc) is 2.31. The molecule has 12 heavy (non-hydrogen) atoms. The van der Waals surface area contributed by atoms with E-state index in [-0.39, 0.29) is 5.60 Å². The van der Waals surface area contributed by atoms with Crippen LogP contribution in [0.25, 0.3) is 0 Å². The average molecular weight is 171 g/mol. The summed E-state index contributed by atoms with van der Waals surface area (Å²) in [5, 5.41) is 3.16. The minimum absolute atomic E-state index is 0.143. The van der Waals surface area contributed by atoms with Crippen LogP contribution in [0, 0.1) is 0 Å². The number of rotatable bonds is 4. The van der Waals surface area contributed by atoms with Gasteiger partial charge in [-0.3, -0.25) is 0 Å². The third-order valence-electron chi connectivity index (χ3n) is 2.51. The van der Waals surface area contributed by atoms with E-state index in [2.05, 4.69) is 19.2 Å². The predicted molar refractivity (Wildman–Crippen MR) is 51.3 cm³/mol. The molecule has 1 N–H and O–H groups in total. The largest absolute Gasteiger partial charge is 0.372 e. The number of nitrogens with one attached hydrogen (secondary N) is 1. The highest BCUT2D eigenvalue weighted by Crippen LogP contribution is 2.31. The fourth-order valence-electron chi connectivity index (χ4n) is 1.79. The SMILES string of the molecule is CNCCCC1CCC(C)(C)O1. The molecular weight excluding hydrogens is 150 g/mol. The van der Waals surface area contributed by atoms with Crippen LogP contribution in [0.4, 0.5) is 0 Å². The smallest absolute Gasteiger partial charge is 0.0631 e. The third-order valence-corrected chi connectivity index (χ3v) is 2.51. The van der Waals surface area contributed by atoms with Crippen LogP contribution in [-0.2, 0) is 4.74 Å². The summed E-state index contributed by atoms with van der Waals surface area (Å²) in [4.78, 5) is 0. The van der Waals surface area contributed by atoms with E-state index in [0.717, 1.165) is 6.54 Å². The van der Waals surface area contributed by atoms with Gasteiger partial charge >= 0.3 is 0 Å². The zero-order chi connectivity index (χ0) is 9.03. The molecule has 1 aliphatic rings. The minimum Gasteiger partial charge on any atom is -0.372 e. The molecule has 0 amide bonds. The van der Waals surface area contributed by atoms with Gasteiger partial charge in [-0.25, -0.2) is 0 Å². The molecule has 1 saturated heterocycles. The van der Waals surface area contributed by atoms with Gasteiger partial charge in [-0.2, -0.15) is 0 Å². The number of hydrogen-bond donors (Lipinski definition) is 1. The summed E-state index contributed by atoms with van der Waals surface area (Å²) in [6.07, 6.45) is 5.43. The van der Waals surface area contributed by atoms with Crippen molar-refractivity contribution in [3.05, 3.63) is 0 Å². The summed E-state index contributed by atoms with van der Waals surface area (Å²) in [6, 6.07) is 0. The Balaban J connectivity index is 2.11. The molecule has 2 nitrogen and oxygen atoms in total. The van der Waals surface area contributed by atoms with Gasteiger partial charge in [-0.1, -0.05) is 0 Å². The molecule has 1 atom stereocenters. The molecule has 0 aromatic rings. The Morgan fingerprint density at radius 2 is 2.25 bits per heavy atom. The van der Waals surface area contributed by atoms with Gasteiger partial charge in [-0.15, -0.1) is 0 Å². The maximum Gasteiger partial charge on any atom is 0.0631 e. The third kappa shape index (κ3) is 3.11. The second kappa shape index (κ2) is 4.24. The van der Waals surface area contributed by atoms with Crippen molar-refractivity contribution >= 4 is 0 Å². The molecule has 0 radical (unpaired) electrons. The van der Waals surface area contributed by atoms with E-state index in [0.29, 0.717) is 6.10 Å². The van der Waals surface area contributed by atoms with Crippen molar-refractivity contribution in [2.75, 3.05) is 13.6 Å². The standard InChI is InChI=1S/C10H21NO/c1-10(2)7-6-9(12-10)5-4-8-11-3/h9,11H,4-8H2,1-3H3. The number of ether oxygens (including phenoxy) is 1. The Labute approximate surface area is 75.7 Å². The molecule has 1 fully saturated rings. The van der Waals surface area contributed by atoms with E-state index in [1.165, 1.54) is 25.7 Å². The second-order valence-corrected chi connectivity index (χ2v) is 4.28. The molecule has 0 saturated carbocycles. The minimum atomic E-state index is 0.143. The molecule has 0 bridgehead atoms. The maximum atomic E-state index is 5.87. The van der Waals surface area contributed by atoms with Crippen molar-refractivity contribution in [3.63, 3.8) is 0 Å². The topological polar surface area (TPSA) is 21.3 Å². The van der Waals surface area contributed by atoms with Crippen LogP contribution in [0.1, 0.15) is 39.5 Å². The highest BCUT2D eigenvalue weighted by Gasteiger charge is 2.30. The normalized spacial score (nSPS) is 27.8. The lowest BCUT2D eigenvalue weighted by atomic mass is 10.0. The Kier molecular flexibility index (Phi) is 3.53. The van der Waals surface area contributed by atoms with Crippen molar-refractivity contribution in [2.24, 2.45) is 0 Å². The van der Waals surface area contributed by atoms with Gasteiger partial charge in [0.25, 0.3) is 0 Å². The fraction of sp³-hybridized carbons (Fsp3) is 1.00. The summed E-state index contributed by atoms with van der Waals surface area (Å²) in [6.45, 7) is 5.48. The van der Waals surface area contributed by atoms with Gasteiger partial charge in [0.2, 0.25) is 0 Å². The first kappa shape index (κ1) is 10.0. The summed E-state index contributed by atoms with van der Waals surface area (Å²) < 4.78 is 5.87. The van der Waals surface area contributed by atoms with Gasteiger partial charge in [0, 0.05) is 0 Å². The second-order valence-electron chi connectivity index (χ2n) is 4.28. The van der Waals surface area contributed by atoms with Crippen LogP contribution in [0.15, 0.2) is 0 Å². The summed E-state index contributed by atoms with van der Waals surface area (Å²) >= 11 is 0.